The molecule has 2 rings (SSSR count). The van der Waals surface area contributed by atoms with Gasteiger partial charge in [0, 0.05) is 32.9 Å². The highest BCUT2D eigenvalue weighted by Gasteiger charge is 2.36. The first-order valence-corrected chi connectivity index (χ1v) is 6.36. The summed E-state index contributed by atoms with van der Waals surface area (Å²) in [5, 5.41) is 0. The number of nitrogens with two attached hydrogens (primary N) is 1. The molecular formula is C12H17F3N4O. The average Bonchev–Trinajstić information content (AvgIpc) is 2.38. The maximum absolute atomic E-state index is 12.7. The van der Waals surface area contributed by atoms with E-state index in [0.717, 1.165) is 12.8 Å². The van der Waals surface area contributed by atoms with Gasteiger partial charge in [0.15, 0.2) is 0 Å². The number of halogens is 3. The molecule has 0 radical (unpaired) electrons. The van der Waals surface area contributed by atoms with Crippen LogP contribution in [0.15, 0.2) is 6.07 Å². The van der Waals surface area contributed by atoms with Crippen molar-refractivity contribution in [1.29, 1.82) is 0 Å². The van der Waals surface area contributed by atoms with E-state index in [1.54, 1.807) is 12.0 Å². The maximum Gasteiger partial charge on any atom is 0.451 e. The van der Waals surface area contributed by atoms with Crippen LogP contribution in [0, 0.1) is 5.92 Å². The van der Waals surface area contributed by atoms with E-state index in [2.05, 4.69) is 9.97 Å². The summed E-state index contributed by atoms with van der Waals surface area (Å²) in [5.41, 5.74) is 5.44. The van der Waals surface area contributed by atoms with Crippen LogP contribution in [0.3, 0.4) is 0 Å². The fraction of sp³-hybridized carbons (Fsp3) is 0.667. The molecule has 112 valence electrons. The number of anilines is 2. The Balaban J connectivity index is 2.12. The van der Waals surface area contributed by atoms with E-state index >= 15 is 0 Å². The van der Waals surface area contributed by atoms with Gasteiger partial charge >= 0.3 is 6.18 Å². The highest BCUT2D eigenvalue weighted by atomic mass is 19.4. The third kappa shape index (κ3) is 3.50. The second-order valence-corrected chi connectivity index (χ2v) is 4.86. The summed E-state index contributed by atoms with van der Waals surface area (Å²) < 4.78 is 43.1. The lowest BCUT2D eigenvalue weighted by Crippen LogP contribution is -2.36. The number of nitrogens with zero attached hydrogens (tertiary/aromatic N) is 3. The number of ether oxygens (including phenoxy) is 1. The van der Waals surface area contributed by atoms with Crippen LogP contribution in [0.4, 0.5) is 24.8 Å². The fourth-order valence-electron chi connectivity index (χ4n) is 2.31. The number of nitrogen functional groups attached to an aromatic ring is 1. The van der Waals surface area contributed by atoms with Crippen molar-refractivity contribution in [3.63, 3.8) is 0 Å². The SMILES string of the molecule is COCC1CCN(c2cc(N)nc(C(F)(F)F)n2)CC1. The fourth-order valence-corrected chi connectivity index (χ4v) is 2.31. The Morgan fingerprint density at radius 1 is 1.35 bits per heavy atom. The Morgan fingerprint density at radius 3 is 2.55 bits per heavy atom. The van der Waals surface area contributed by atoms with Crippen molar-refractivity contribution >= 4 is 11.6 Å². The van der Waals surface area contributed by atoms with Crippen LogP contribution in [0.1, 0.15) is 18.7 Å². The summed E-state index contributed by atoms with van der Waals surface area (Å²) in [6, 6.07) is 1.38. The van der Waals surface area contributed by atoms with Gasteiger partial charge in [-0.25, -0.2) is 9.97 Å². The van der Waals surface area contributed by atoms with Gasteiger partial charge in [-0.05, 0) is 18.8 Å². The molecule has 1 fully saturated rings. The minimum atomic E-state index is -4.58. The van der Waals surface area contributed by atoms with E-state index in [9.17, 15) is 13.2 Å². The topological polar surface area (TPSA) is 64.3 Å². The average molecular weight is 290 g/mol. The minimum Gasteiger partial charge on any atom is -0.384 e. The lowest BCUT2D eigenvalue weighted by atomic mass is 9.98. The molecule has 0 aromatic carbocycles. The number of rotatable bonds is 3. The lowest BCUT2D eigenvalue weighted by Gasteiger charge is -2.32. The number of aromatic nitrogens is 2. The largest absolute Gasteiger partial charge is 0.451 e. The van der Waals surface area contributed by atoms with Crippen LogP contribution < -0.4 is 10.6 Å². The van der Waals surface area contributed by atoms with Gasteiger partial charge in [0.25, 0.3) is 0 Å². The molecule has 0 spiro atoms. The molecule has 0 saturated carbocycles. The predicted molar refractivity (Wildman–Crippen MR) is 68.3 cm³/mol. The van der Waals surface area contributed by atoms with E-state index in [4.69, 9.17) is 10.5 Å². The maximum atomic E-state index is 12.7. The normalized spacial score (nSPS) is 17.5. The van der Waals surface area contributed by atoms with Gasteiger partial charge < -0.3 is 15.4 Å². The molecule has 0 unspecified atom stereocenters. The quantitative estimate of drug-likeness (QED) is 0.921. The molecule has 0 atom stereocenters. The lowest BCUT2D eigenvalue weighted by molar-refractivity contribution is -0.144. The number of hydrogen-bond acceptors (Lipinski definition) is 5. The smallest absolute Gasteiger partial charge is 0.384 e. The van der Waals surface area contributed by atoms with Crippen LogP contribution in [0.2, 0.25) is 0 Å². The zero-order valence-corrected chi connectivity index (χ0v) is 11.2. The number of methoxy groups -OCH3 is 1. The molecule has 1 aromatic heterocycles. The second-order valence-electron chi connectivity index (χ2n) is 4.86. The number of alkyl halides is 3. The van der Waals surface area contributed by atoms with E-state index in [-0.39, 0.29) is 11.6 Å². The zero-order chi connectivity index (χ0) is 14.8. The van der Waals surface area contributed by atoms with Crippen molar-refractivity contribution in [2.45, 2.75) is 19.0 Å². The molecular weight excluding hydrogens is 273 g/mol. The summed E-state index contributed by atoms with van der Waals surface area (Å²) in [6.07, 6.45) is -2.86. The van der Waals surface area contributed by atoms with Gasteiger partial charge in [-0.3, -0.25) is 0 Å². The van der Waals surface area contributed by atoms with Crippen molar-refractivity contribution in [3.8, 4) is 0 Å². The molecule has 2 heterocycles. The highest BCUT2D eigenvalue weighted by Crippen LogP contribution is 2.30. The standard InChI is InChI=1S/C12H17F3N4O/c1-20-7-8-2-4-19(5-3-8)10-6-9(16)17-11(18-10)12(13,14)15/h6,8H,2-5,7H2,1H3,(H2,16,17,18). The van der Waals surface area contributed by atoms with Gasteiger partial charge in [0.1, 0.15) is 11.6 Å². The first-order chi connectivity index (χ1) is 9.40. The summed E-state index contributed by atoms with van der Waals surface area (Å²) >= 11 is 0. The minimum absolute atomic E-state index is 0.165. The van der Waals surface area contributed by atoms with Gasteiger partial charge in [0.2, 0.25) is 5.82 Å². The van der Waals surface area contributed by atoms with Crippen LogP contribution in [0.5, 0.6) is 0 Å². The third-order valence-electron chi connectivity index (χ3n) is 3.33. The monoisotopic (exact) mass is 290 g/mol. The van der Waals surface area contributed by atoms with Crippen molar-refractivity contribution in [3.05, 3.63) is 11.9 Å². The molecule has 1 saturated heterocycles. The van der Waals surface area contributed by atoms with Gasteiger partial charge in [-0.1, -0.05) is 0 Å². The van der Waals surface area contributed by atoms with Crippen molar-refractivity contribution in [1.82, 2.24) is 9.97 Å². The van der Waals surface area contributed by atoms with E-state index in [0.29, 0.717) is 25.6 Å². The first kappa shape index (κ1) is 14.8. The molecule has 1 aliphatic heterocycles. The van der Waals surface area contributed by atoms with E-state index in [1.807, 2.05) is 0 Å². The summed E-state index contributed by atoms with van der Waals surface area (Å²) in [4.78, 5) is 8.62. The van der Waals surface area contributed by atoms with Crippen LogP contribution >= 0.6 is 0 Å². The summed E-state index contributed by atoms with van der Waals surface area (Å²) in [7, 11) is 1.65. The molecule has 8 heteroatoms. The highest BCUT2D eigenvalue weighted by molar-refractivity contribution is 5.47. The van der Waals surface area contributed by atoms with Crippen molar-refractivity contribution in [2.24, 2.45) is 5.92 Å². The molecule has 0 amide bonds. The molecule has 1 aliphatic rings. The summed E-state index contributed by atoms with van der Waals surface area (Å²) in [5.74, 6) is -0.675. The Hall–Kier alpha value is -1.57. The zero-order valence-electron chi connectivity index (χ0n) is 11.2. The Labute approximate surface area is 114 Å². The van der Waals surface area contributed by atoms with Crippen LogP contribution in [0.25, 0.3) is 0 Å². The van der Waals surface area contributed by atoms with E-state index < -0.39 is 12.0 Å². The third-order valence-corrected chi connectivity index (χ3v) is 3.33. The predicted octanol–water partition coefficient (Wildman–Crippen LogP) is 1.94. The van der Waals surface area contributed by atoms with E-state index in [1.165, 1.54) is 6.07 Å². The van der Waals surface area contributed by atoms with Gasteiger partial charge in [-0.2, -0.15) is 13.2 Å². The van der Waals surface area contributed by atoms with Crippen molar-refractivity contribution < 1.29 is 17.9 Å². The Bertz CT molecular complexity index is 459. The summed E-state index contributed by atoms with van der Waals surface area (Å²) in [6.45, 7) is 1.96. The molecule has 20 heavy (non-hydrogen) atoms. The Morgan fingerprint density at radius 2 is 2.00 bits per heavy atom. The number of piperidine rings is 1. The molecule has 0 bridgehead atoms. The Kier molecular flexibility index (Phi) is 4.32. The molecule has 5 nitrogen and oxygen atoms in total. The first-order valence-electron chi connectivity index (χ1n) is 6.36. The molecule has 2 N–H and O–H groups in total. The van der Waals surface area contributed by atoms with Crippen LogP contribution in [-0.2, 0) is 10.9 Å². The molecule has 1 aromatic rings. The molecule has 0 aliphatic carbocycles. The van der Waals surface area contributed by atoms with Crippen molar-refractivity contribution in [2.75, 3.05) is 37.4 Å². The number of hydrogen-bond donors (Lipinski definition) is 1. The van der Waals surface area contributed by atoms with Gasteiger partial charge in [0.05, 0.1) is 0 Å². The van der Waals surface area contributed by atoms with Gasteiger partial charge in [-0.15, -0.1) is 0 Å². The van der Waals surface area contributed by atoms with Crippen LogP contribution in [-0.4, -0.2) is 36.8 Å². The second kappa shape index (κ2) is 5.82.